The van der Waals surface area contributed by atoms with Gasteiger partial charge in [0.15, 0.2) is 5.78 Å². The fraction of sp³-hybridized carbons (Fsp3) is 0.429. The van der Waals surface area contributed by atoms with Crippen LogP contribution in [0, 0.1) is 5.41 Å². The van der Waals surface area contributed by atoms with Gasteiger partial charge in [0.25, 0.3) is 0 Å². The SMILES string of the molecule is CC1=N[C@@H](c2ccccc2Br)[C@H](O)C(=O)C1(C)C. The van der Waals surface area contributed by atoms with Crippen LogP contribution in [0.1, 0.15) is 32.4 Å². The highest BCUT2D eigenvalue weighted by Crippen LogP contribution is 2.37. The molecule has 18 heavy (non-hydrogen) atoms. The van der Waals surface area contributed by atoms with Crippen LogP contribution in [-0.2, 0) is 4.79 Å². The molecule has 1 aromatic carbocycles. The second-order valence-corrected chi connectivity index (χ2v) is 5.97. The van der Waals surface area contributed by atoms with E-state index in [1.807, 2.05) is 31.2 Å². The van der Waals surface area contributed by atoms with Crippen molar-refractivity contribution in [2.75, 3.05) is 0 Å². The van der Waals surface area contributed by atoms with Crippen molar-refractivity contribution in [3.05, 3.63) is 34.3 Å². The minimum absolute atomic E-state index is 0.171. The van der Waals surface area contributed by atoms with E-state index >= 15 is 0 Å². The summed E-state index contributed by atoms with van der Waals surface area (Å²) in [6.45, 7) is 5.44. The number of carbonyl (C=O) groups is 1. The molecule has 1 aliphatic rings. The predicted molar refractivity (Wildman–Crippen MR) is 74.8 cm³/mol. The third-order valence-corrected chi connectivity index (χ3v) is 4.37. The molecule has 0 amide bonds. The lowest BCUT2D eigenvalue weighted by Gasteiger charge is -2.35. The van der Waals surface area contributed by atoms with Gasteiger partial charge in [-0.05, 0) is 32.4 Å². The van der Waals surface area contributed by atoms with Crippen LogP contribution < -0.4 is 0 Å². The Balaban J connectivity index is 2.51. The summed E-state index contributed by atoms with van der Waals surface area (Å²) in [5.41, 5.74) is 0.920. The average Bonchev–Trinajstić information content (AvgIpc) is 2.33. The first-order chi connectivity index (χ1) is 8.35. The fourth-order valence-electron chi connectivity index (χ4n) is 2.09. The molecule has 1 N–H and O–H groups in total. The van der Waals surface area contributed by atoms with Crippen LogP contribution >= 0.6 is 15.9 Å². The van der Waals surface area contributed by atoms with Crippen molar-refractivity contribution in [1.82, 2.24) is 0 Å². The van der Waals surface area contributed by atoms with E-state index < -0.39 is 17.6 Å². The van der Waals surface area contributed by atoms with Crippen molar-refractivity contribution in [1.29, 1.82) is 0 Å². The van der Waals surface area contributed by atoms with Crippen LogP contribution in [0.3, 0.4) is 0 Å². The molecule has 0 saturated heterocycles. The first-order valence-corrected chi connectivity index (χ1v) is 6.66. The fourth-order valence-corrected chi connectivity index (χ4v) is 2.61. The zero-order chi connectivity index (χ0) is 13.5. The van der Waals surface area contributed by atoms with Crippen molar-refractivity contribution < 1.29 is 9.90 Å². The van der Waals surface area contributed by atoms with Crippen molar-refractivity contribution in [3.8, 4) is 0 Å². The van der Waals surface area contributed by atoms with E-state index in [-0.39, 0.29) is 5.78 Å². The van der Waals surface area contributed by atoms with E-state index in [1.54, 1.807) is 13.8 Å². The summed E-state index contributed by atoms with van der Waals surface area (Å²) in [5.74, 6) is -0.171. The molecule has 2 atom stereocenters. The number of carbonyl (C=O) groups excluding carboxylic acids is 1. The maximum atomic E-state index is 12.2. The Kier molecular flexibility index (Phi) is 3.43. The van der Waals surface area contributed by atoms with Crippen molar-refractivity contribution in [2.24, 2.45) is 10.4 Å². The summed E-state index contributed by atoms with van der Waals surface area (Å²) in [7, 11) is 0. The Morgan fingerprint density at radius 1 is 1.33 bits per heavy atom. The van der Waals surface area contributed by atoms with E-state index in [0.29, 0.717) is 0 Å². The molecule has 0 bridgehead atoms. The van der Waals surface area contributed by atoms with E-state index in [0.717, 1.165) is 15.7 Å². The van der Waals surface area contributed by atoms with Gasteiger partial charge < -0.3 is 5.11 Å². The largest absolute Gasteiger partial charge is 0.383 e. The Labute approximate surface area is 115 Å². The number of halogens is 1. The van der Waals surface area contributed by atoms with Gasteiger partial charge >= 0.3 is 0 Å². The van der Waals surface area contributed by atoms with E-state index in [1.165, 1.54) is 0 Å². The minimum Gasteiger partial charge on any atom is -0.383 e. The van der Waals surface area contributed by atoms with Gasteiger partial charge in [0.2, 0.25) is 0 Å². The molecular formula is C14H16BrNO2. The monoisotopic (exact) mass is 309 g/mol. The number of aliphatic imine (C=N–C) groups is 1. The molecule has 0 aliphatic carbocycles. The molecule has 4 heteroatoms. The van der Waals surface area contributed by atoms with Gasteiger partial charge in [-0.3, -0.25) is 9.79 Å². The maximum Gasteiger partial charge on any atom is 0.174 e. The molecule has 0 fully saturated rings. The quantitative estimate of drug-likeness (QED) is 0.867. The molecule has 0 spiro atoms. The lowest BCUT2D eigenvalue weighted by Crippen LogP contribution is -2.46. The van der Waals surface area contributed by atoms with Gasteiger partial charge in [-0.15, -0.1) is 0 Å². The third-order valence-electron chi connectivity index (χ3n) is 3.64. The molecule has 3 nitrogen and oxygen atoms in total. The maximum absolute atomic E-state index is 12.2. The zero-order valence-corrected chi connectivity index (χ0v) is 12.2. The number of aliphatic hydroxyl groups excluding tert-OH is 1. The van der Waals surface area contributed by atoms with E-state index in [2.05, 4.69) is 20.9 Å². The second kappa shape index (κ2) is 4.59. The number of benzene rings is 1. The first kappa shape index (κ1) is 13.4. The Morgan fingerprint density at radius 3 is 2.56 bits per heavy atom. The average molecular weight is 310 g/mol. The topological polar surface area (TPSA) is 49.7 Å². The molecule has 1 heterocycles. The number of ketones is 1. The summed E-state index contributed by atoms with van der Waals surface area (Å²) in [6.07, 6.45) is -1.08. The van der Waals surface area contributed by atoms with Gasteiger partial charge in [0.1, 0.15) is 12.1 Å². The normalized spacial score (nSPS) is 26.9. The zero-order valence-electron chi connectivity index (χ0n) is 10.6. The molecule has 96 valence electrons. The smallest absolute Gasteiger partial charge is 0.174 e. The summed E-state index contributed by atoms with van der Waals surface area (Å²) in [6, 6.07) is 7.02. The standard InChI is InChI=1S/C14H16BrNO2/c1-8-14(2,3)13(18)12(17)11(16-8)9-6-4-5-7-10(9)15/h4-7,11-12,17H,1-3H3/t11-,12-/m0/s1. The third kappa shape index (κ3) is 2.04. The predicted octanol–water partition coefficient (Wildman–Crippen LogP) is 2.92. The number of hydrogen-bond donors (Lipinski definition) is 1. The molecular weight excluding hydrogens is 294 g/mol. The Hall–Kier alpha value is -1.00. The molecule has 0 unspecified atom stereocenters. The number of aliphatic hydroxyl groups is 1. The van der Waals surface area contributed by atoms with Crippen molar-refractivity contribution in [2.45, 2.75) is 32.9 Å². The van der Waals surface area contributed by atoms with Crippen LogP contribution in [0.25, 0.3) is 0 Å². The molecule has 1 aromatic rings. The lowest BCUT2D eigenvalue weighted by molar-refractivity contribution is -0.134. The highest BCUT2D eigenvalue weighted by atomic mass is 79.9. The molecule has 0 radical (unpaired) electrons. The van der Waals surface area contributed by atoms with Gasteiger partial charge in [-0.25, -0.2) is 0 Å². The van der Waals surface area contributed by atoms with Gasteiger partial charge in [0.05, 0.1) is 5.41 Å². The lowest BCUT2D eigenvalue weighted by atomic mass is 9.76. The Bertz CT molecular complexity index is 522. The van der Waals surface area contributed by atoms with Gasteiger partial charge in [0, 0.05) is 10.2 Å². The number of Topliss-reactive ketones (excluding diaryl/α,β-unsaturated/α-hetero) is 1. The number of hydrogen-bond acceptors (Lipinski definition) is 3. The minimum atomic E-state index is -1.08. The van der Waals surface area contributed by atoms with Crippen LogP contribution in [0.5, 0.6) is 0 Å². The highest BCUT2D eigenvalue weighted by molar-refractivity contribution is 9.10. The number of rotatable bonds is 1. The molecule has 0 aromatic heterocycles. The summed E-state index contributed by atoms with van der Waals surface area (Å²) in [5, 5.41) is 10.2. The van der Waals surface area contributed by atoms with Crippen LogP contribution in [-0.4, -0.2) is 22.7 Å². The second-order valence-electron chi connectivity index (χ2n) is 5.11. The van der Waals surface area contributed by atoms with Crippen LogP contribution in [0.2, 0.25) is 0 Å². The first-order valence-electron chi connectivity index (χ1n) is 5.87. The van der Waals surface area contributed by atoms with Crippen LogP contribution in [0.4, 0.5) is 0 Å². The van der Waals surface area contributed by atoms with Crippen LogP contribution in [0.15, 0.2) is 33.7 Å². The Morgan fingerprint density at radius 2 is 1.94 bits per heavy atom. The molecule has 2 rings (SSSR count). The summed E-state index contributed by atoms with van der Waals surface area (Å²) in [4.78, 5) is 16.7. The van der Waals surface area contributed by atoms with E-state index in [9.17, 15) is 9.90 Å². The van der Waals surface area contributed by atoms with E-state index in [4.69, 9.17) is 0 Å². The van der Waals surface area contributed by atoms with Crippen molar-refractivity contribution >= 4 is 27.4 Å². The van der Waals surface area contributed by atoms with Gasteiger partial charge in [-0.2, -0.15) is 0 Å². The molecule has 1 aliphatic heterocycles. The van der Waals surface area contributed by atoms with Crippen molar-refractivity contribution in [3.63, 3.8) is 0 Å². The molecule has 0 saturated carbocycles. The summed E-state index contributed by atoms with van der Waals surface area (Å²) < 4.78 is 0.859. The highest BCUT2D eigenvalue weighted by Gasteiger charge is 2.44. The summed E-state index contributed by atoms with van der Waals surface area (Å²) >= 11 is 3.44. The van der Waals surface area contributed by atoms with Gasteiger partial charge in [-0.1, -0.05) is 34.1 Å². The number of nitrogens with zero attached hydrogens (tertiary/aromatic N) is 1.